The van der Waals surface area contributed by atoms with Gasteiger partial charge in [-0.1, -0.05) is 18.6 Å². The molecule has 0 aromatic heterocycles. The summed E-state index contributed by atoms with van der Waals surface area (Å²) in [4.78, 5) is 0. The van der Waals surface area contributed by atoms with E-state index in [-0.39, 0.29) is 23.8 Å². The summed E-state index contributed by atoms with van der Waals surface area (Å²) in [7, 11) is 0. The summed E-state index contributed by atoms with van der Waals surface area (Å²) in [5.41, 5.74) is 1.61. The van der Waals surface area contributed by atoms with Crippen molar-refractivity contribution < 1.29 is 4.39 Å². The first-order valence-corrected chi connectivity index (χ1v) is 6.53. The average molecular weight is 246 g/mol. The van der Waals surface area contributed by atoms with Gasteiger partial charge in [0, 0.05) is 12.1 Å². The molecule has 2 nitrogen and oxygen atoms in total. The summed E-state index contributed by atoms with van der Waals surface area (Å²) in [5, 5.41) is 12.5. The third-order valence-corrected chi connectivity index (χ3v) is 3.84. The normalized spacial score (nSPS) is 24.8. The number of halogens is 1. The predicted molar refractivity (Wildman–Crippen MR) is 69.4 cm³/mol. The van der Waals surface area contributed by atoms with Crippen LogP contribution in [0.25, 0.3) is 0 Å². The molecular formula is C15H19FN2. The first kappa shape index (κ1) is 13.0. The average Bonchev–Trinajstić information content (AvgIpc) is 2.79. The highest BCUT2D eigenvalue weighted by molar-refractivity contribution is 5.25. The molecule has 0 bridgehead atoms. The minimum Gasteiger partial charge on any atom is -0.306 e. The van der Waals surface area contributed by atoms with Gasteiger partial charge in [-0.25, -0.2) is 4.39 Å². The van der Waals surface area contributed by atoms with Crippen molar-refractivity contribution in [1.82, 2.24) is 5.32 Å². The van der Waals surface area contributed by atoms with E-state index < -0.39 is 0 Å². The molecule has 0 radical (unpaired) electrons. The quantitative estimate of drug-likeness (QED) is 0.886. The SMILES string of the molecule is Cc1ccc(C(C)NC2CCCC2C#N)cc1F. The molecule has 96 valence electrons. The second-order valence-electron chi connectivity index (χ2n) is 5.17. The van der Waals surface area contributed by atoms with Gasteiger partial charge in [0.25, 0.3) is 0 Å². The summed E-state index contributed by atoms with van der Waals surface area (Å²) >= 11 is 0. The maximum Gasteiger partial charge on any atom is 0.126 e. The van der Waals surface area contributed by atoms with E-state index in [1.165, 1.54) is 0 Å². The minimum absolute atomic E-state index is 0.0825. The van der Waals surface area contributed by atoms with Gasteiger partial charge in [0.05, 0.1) is 12.0 Å². The van der Waals surface area contributed by atoms with Gasteiger partial charge in [0.2, 0.25) is 0 Å². The Morgan fingerprint density at radius 2 is 2.22 bits per heavy atom. The van der Waals surface area contributed by atoms with Crippen molar-refractivity contribution in [3.63, 3.8) is 0 Å². The Balaban J connectivity index is 2.05. The second kappa shape index (κ2) is 5.49. The number of aryl methyl sites for hydroxylation is 1. The molecule has 1 aliphatic carbocycles. The molecule has 0 heterocycles. The lowest BCUT2D eigenvalue weighted by molar-refractivity contribution is 0.416. The fraction of sp³-hybridized carbons (Fsp3) is 0.533. The highest BCUT2D eigenvalue weighted by Crippen LogP contribution is 2.27. The van der Waals surface area contributed by atoms with Crippen molar-refractivity contribution in [2.24, 2.45) is 5.92 Å². The summed E-state index contributed by atoms with van der Waals surface area (Å²) in [6, 6.07) is 8.02. The monoisotopic (exact) mass is 246 g/mol. The van der Waals surface area contributed by atoms with Crippen LogP contribution in [-0.4, -0.2) is 6.04 Å². The van der Waals surface area contributed by atoms with E-state index in [2.05, 4.69) is 11.4 Å². The molecule has 1 N–H and O–H groups in total. The van der Waals surface area contributed by atoms with Gasteiger partial charge in [0.1, 0.15) is 5.82 Å². The summed E-state index contributed by atoms with van der Waals surface area (Å²) in [6.45, 7) is 3.79. The molecule has 18 heavy (non-hydrogen) atoms. The van der Waals surface area contributed by atoms with Gasteiger partial charge in [-0.15, -0.1) is 0 Å². The molecule has 0 saturated heterocycles. The Morgan fingerprint density at radius 3 is 2.89 bits per heavy atom. The molecule has 0 aliphatic heterocycles. The number of rotatable bonds is 3. The zero-order valence-corrected chi connectivity index (χ0v) is 10.9. The van der Waals surface area contributed by atoms with Crippen molar-refractivity contribution in [3.8, 4) is 6.07 Å². The molecule has 2 rings (SSSR count). The van der Waals surface area contributed by atoms with Crippen LogP contribution in [0, 0.1) is 30.0 Å². The van der Waals surface area contributed by atoms with E-state index in [1.807, 2.05) is 13.0 Å². The zero-order valence-electron chi connectivity index (χ0n) is 10.9. The molecule has 1 aromatic rings. The molecule has 1 aromatic carbocycles. The third-order valence-electron chi connectivity index (χ3n) is 3.84. The van der Waals surface area contributed by atoms with Crippen LogP contribution in [-0.2, 0) is 0 Å². The maximum atomic E-state index is 13.5. The maximum absolute atomic E-state index is 13.5. The summed E-state index contributed by atoms with van der Waals surface area (Å²) in [6.07, 6.45) is 3.12. The number of hydrogen-bond acceptors (Lipinski definition) is 2. The van der Waals surface area contributed by atoms with Crippen molar-refractivity contribution >= 4 is 0 Å². The lowest BCUT2D eigenvalue weighted by Gasteiger charge is -2.22. The van der Waals surface area contributed by atoms with Gasteiger partial charge in [-0.05, 0) is 43.9 Å². The Kier molecular flexibility index (Phi) is 3.98. The van der Waals surface area contributed by atoms with Crippen LogP contribution >= 0.6 is 0 Å². The first-order valence-electron chi connectivity index (χ1n) is 6.53. The smallest absolute Gasteiger partial charge is 0.126 e. The van der Waals surface area contributed by atoms with E-state index in [0.29, 0.717) is 5.56 Å². The summed E-state index contributed by atoms with van der Waals surface area (Å²) < 4.78 is 13.5. The Labute approximate surface area is 108 Å². The van der Waals surface area contributed by atoms with E-state index in [4.69, 9.17) is 5.26 Å². The fourth-order valence-corrected chi connectivity index (χ4v) is 2.61. The molecule has 1 saturated carbocycles. The van der Waals surface area contributed by atoms with E-state index >= 15 is 0 Å². The highest BCUT2D eigenvalue weighted by atomic mass is 19.1. The van der Waals surface area contributed by atoms with Crippen LogP contribution in [0.4, 0.5) is 4.39 Å². The number of nitrogens with one attached hydrogen (secondary N) is 1. The van der Waals surface area contributed by atoms with Crippen LogP contribution in [0.5, 0.6) is 0 Å². The second-order valence-corrected chi connectivity index (χ2v) is 5.17. The van der Waals surface area contributed by atoms with E-state index in [1.54, 1.807) is 19.1 Å². The Bertz CT molecular complexity index is 464. The lowest BCUT2D eigenvalue weighted by Crippen LogP contribution is -2.33. The Morgan fingerprint density at radius 1 is 1.44 bits per heavy atom. The largest absolute Gasteiger partial charge is 0.306 e. The van der Waals surface area contributed by atoms with Crippen LogP contribution in [0.3, 0.4) is 0 Å². The van der Waals surface area contributed by atoms with Crippen LogP contribution in [0.1, 0.15) is 43.4 Å². The van der Waals surface area contributed by atoms with Crippen molar-refractivity contribution in [2.45, 2.75) is 45.2 Å². The van der Waals surface area contributed by atoms with Crippen LogP contribution < -0.4 is 5.32 Å². The number of nitrogens with zero attached hydrogens (tertiary/aromatic N) is 1. The molecule has 3 unspecified atom stereocenters. The van der Waals surface area contributed by atoms with Crippen LogP contribution in [0.15, 0.2) is 18.2 Å². The predicted octanol–water partition coefficient (Wildman–Crippen LogP) is 3.48. The number of nitriles is 1. The standard InChI is InChI=1S/C15H19FN2/c1-10-6-7-12(8-14(10)16)11(2)18-15-5-3-4-13(15)9-17/h6-8,11,13,15,18H,3-5H2,1-2H3. The molecule has 1 fully saturated rings. The van der Waals surface area contributed by atoms with Gasteiger partial charge < -0.3 is 5.32 Å². The minimum atomic E-state index is -0.163. The van der Waals surface area contributed by atoms with E-state index in [0.717, 1.165) is 24.8 Å². The van der Waals surface area contributed by atoms with Crippen LogP contribution in [0.2, 0.25) is 0 Å². The van der Waals surface area contributed by atoms with Crippen molar-refractivity contribution in [2.75, 3.05) is 0 Å². The van der Waals surface area contributed by atoms with Gasteiger partial charge in [-0.2, -0.15) is 5.26 Å². The Hall–Kier alpha value is -1.40. The summed E-state index contributed by atoms with van der Waals surface area (Å²) in [5.74, 6) is -0.0628. The third kappa shape index (κ3) is 2.70. The van der Waals surface area contributed by atoms with Crippen molar-refractivity contribution in [1.29, 1.82) is 5.26 Å². The van der Waals surface area contributed by atoms with E-state index in [9.17, 15) is 4.39 Å². The molecule has 3 heteroatoms. The first-order chi connectivity index (χ1) is 8.61. The molecular weight excluding hydrogens is 227 g/mol. The fourth-order valence-electron chi connectivity index (χ4n) is 2.61. The molecule has 0 amide bonds. The molecule has 0 spiro atoms. The number of benzene rings is 1. The number of hydrogen-bond donors (Lipinski definition) is 1. The molecule has 1 aliphatic rings. The van der Waals surface area contributed by atoms with Gasteiger partial charge in [-0.3, -0.25) is 0 Å². The van der Waals surface area contributed by atoms with Crippen molar-refractivity contribution in [3.05, 3.63) is 35.1 Å². The topological polar surface area (TPSA) is 35.8 Å². The molecule has 3 atom stereocenters. The highest BCUT2D eigenvalue weighted by Gasteiger charge is 2.28. The lowest BCUT2D eigenvalue weighted by atomic mass is 10.0. The van der Waals surface area contributed by atoms with Gasteiger partial charge in [0.15, 0.2) is 0 Å². The zero-order chi connectivity index (χ0) is 13.1. The van der Waals surface area contributed by atoms with Gasteiger partial charge >= 0.3 is 0 Å².